The van der Waals surface area contributed by atoms with Crippen LogP contribution >= 0.6 is 0 Å². The SMILES string of the molecule is CC(C)C(=O)NCC1CCCN(C(=O)c2cnc3ccccc3n2)C1. The largest absolute Gasteiger partial charge is 0.356 e. The van der Waals surface area contributed by atoms with Gasteiger partial charge in [-0.05, 0) is 30.9 Å². The molecule has 3 rings (SSSR count). The molecular formula is C19H24N4O2. The second-order valence-electron chi connectivity index (χ2n) is 6.90. The van der Waals surface area contributed by atoms with E-state index in [9.17, 15) is 9.59 Å². The summed E-state index contributed by atoms with van der Waals surface area (Å²) in [6.07, 6.45) is 3.51. The number of carbonyl (C=O) groups excluding carboxylic acids is 2. The third kappa shape index (κ3) is 4.13. The highest BCUT2D eigenvalue weighted by Gasteiger charge is 2.26. The highest BCUT2D eigenvalue weighted by molar-refractivity contribution is 5.93. The first-order valence-corrected chi connectivity index (χ1v) is 8.83. The molecule has 1 aliphatic heterocycles. The van der Waals surface area contributed by atoms with Crippen LogP contribution in [0.15, 0.2) is 30.5 Å². The molecular weight excluding hydrogens is 316 g/mol. The zero-order chi connectivity index (χ0) is 17.8. The second kappa shape index (κ2) is 7.59. The number of nitrogens with one attached hydrogen (secondary N) is 1. The van der Waals surface area contributed by atoms with Gasteiger partial charge in [0.2, 0.25) is 5.91 Å². The quantitative estimate of drug-likeness (QED) is 0.926. The number of para-hydroxylation sites is 2. The van der Waals surface area contributed by atoms with Gasteiger partial charge in [0.25, 0.3) is 5.91 Å². The maximum Gasteiger partial charge on any atom is 0.274 e. The molecule has 6 heteroatoms. The fraction of sp³-hybridized carbons (Fsp3) is 0.474. The van der Waals surface area contributed by atoms with E-state index >= 15 is 0 Å². The third-order valence-electron chi connectivity index (χ3n) is 4.56. The number of hydrogen-bond donors (Lipinski definition) is 1. The van der Waals surface area contributed by atoms with Crippen molar-refractivity contribution in [3.05, 3.63) is 36.2 Å². The van der Waals surface area contributed by atoms with Crippen LogP contribution in [0.25, 0.3) is 11.0 Å². The first-order chi connectivity index (χ1) is 12.0. The lowest BCUT2D eigenvalue weighted by atomic mass is 9.97. The Morgan fingerprint density at radius 1 is 1.28 bits per heavy atom. The van der Waals surface area contributed by atoms with Gasteiger partial charge in [0.05, 0.1) is 17.2 Å². The van der Waals surface area contributed by atoms with Crippen molar-refractivity contribution in [1.82, 2.24) is 20.2 Å². The topological polar surface area (TPSA) is 75.2 Å². The van der Waals surface area contributed by atoms with Crippen LogP contribution < -0.4 is 5.32 Å². The minimum atomic E-state index is -0.0851. The number of benzene rings is 1. The van der Waals surface area contributed by atoms with Gasteiger partial charge < -0.3 is 10.2 Å². The van der Waals surface area contributed by atoms with Crippen molar-refractivity contribution in [3.8, 4) is 0 Å². The Bertz CT molecular complexity index is 775. The molecule has 0 aliphatic carbocycles. The summed E-state index contributed by atoms with van der Waals surface area (Å²) in [5.41, 5.74) is 1.89. The van der Waals surface area contributed by atoms with Crippen LogP contribution in [0, 0.1) is 11.8 Å². The van der Waals surface area contributed by atoms with Gasteiger partial charge in [-0.3, -0.25) is 14.6 Å². The van der Waals surface area contributed by atoms with Crippen molar-refractivity contribution in [2.75, 3.05) is 19.6 Å². The van der Waals surface area contributed by atoms with Crippen molar-refractivity contribution in [3.63, 3.8) is 0 Å². The van der Waals surface area contributed by atoms with Crippen molar-refractivity contribution in [1.29, 1.82) is 0 Å². The molecule has 0 spiro atoms. The number of piperidine rings is 1. The molecule has 1 atom stereocenters. The van der Waals surface area contributed by atoms with Gasteiger partial charge in [0, 0.05) is 25.6 Å². The maximum atomic E-state index is 12.8. The van der Waals surface area contributed by atoms with Crippen LogP contribution in [-0.4, -0.2) is 46.3 Å². The number of carbonyl (C=O) groups is 2. The zero-order valence-corrected chi connectivity index (χ0v) is 14.7. The van der Waals surface area contributed by atoms with Gasteiger partial charge >= 0.3 is 0 Å². The Kier molecular flexibility index (Phi) is 5.26. The first-order valence-electron chi connectivity index (χ1n) is 8.83. The molecule has 2 heterocycles. The molecule has 1 aromatic heterocycles. The molecule has 1 saturated heterocycles. The van der Waals surface area contributed by atoms with E-state index < -0.39 is 0 Å². The summed E-state index contributed by atoms with van der Waals surface area (Å²) < 4.78 is 0. The molecule has 2 aromatic rings. The molecule has 1 unspecified atom stereocenters. The Morgan fingerprint density at radius 2 is 2.04 bits per heavy atom. The molecule has 2 amide bonds. The van der Waals surface area contributed by atoms with Gasteiger partial charge in [0.15, 0.2) is 0 Å². The molecule has 1 aromatic carbocycles. The van der Waals surface area contributed by atoms with E-state index in [1.54, 1.807) is 6.20 Å². The molecule has 0 bridgehead atoms. The Labute approximate surface area is 147 Å². The third-order valence-corrected chi connectivity index (χ3v) is 4.56. The van der Waals surface area contributed by atoms with Crippen molar-refractivity contribution in [2.45, 2.75) is 26.7 Å². The summed E-state index contributed by atoms with van der Waals surface area (Å²) in [6.45, 7) is 5.74. The molecule has 6 nitrogen and oxygen atoms in total. The highest BCUT2D eigenvalue weighted by Crippen LogP contribution is 2.18. The Balaban J connectivity index is 1.65. The second-order valence-corrected chi connectivity index (χ2v) is 6.90. The molecule has 25 heavy (non-hydrogen) atoms. The van der Waals surface area contributed by atoms with Crippen LogP contribution in [0.4, 0.5) is 0 Å². The number of fused-ring (bicyclic) bond motifs is 1. The first kappa shape index (κ1) is 17.3. The van der Waals surface area contributed by atoms with Gasteiger partial charge in [0.1, 0.15) is 5.69 Å². The standard InChI is InChI=1S/C19H24N4O2/c1-13(2)18(24)21-10-14-6-5-9-23(12-14)19(25)17-11-20-15-7-3-4-8-16(15)22-17/h3-4,7-8,11,13-14H,5-6,9-10,12H2,1-2H3,(H,21,24). The minimum absolute atomic E-state index is 0.0193. The monoisotopic (exact) mass is 340 g/mol. The Morgan fingerprint density at radius 3 is 2.80 bits per heavy atom. The van der Waals surface area contributed by atoms with E-state index in [-0.39, 0.29) is 23.7 Å². The summed E-state index contributed by atoms with van der Waals surface area (Å²) in [5.74, 6) is 0.241. The molecule has 1 N–H and O–H groups in total. The fourth-order valence-corrected chi connectivity index (χ4v) is 3.09. The van der Waals surface area contributed by atoms with Gasteiger partial charge in [-0.25, -0.2) is 4.98 Å². The predicted octanol–water partition coefficient (Wildman–Crippen LogP) is 2.25. The Hall–Kier alpha value is -2.50. The average molecular weight is 340 g/mol. The summed E-state index contributed by atoms with van der Waals surface area (Å²) in [4.78, 5) is 35.1. The van der Waals surface area contributed by atoms with Crippen LogP contribution in [0.2, 0.25) is 0 Å². The smallest absolute Gasteiger partial charge is 0.274 e. The number of amides is 2. The summed E-state index contributed by atoms with van der Waals surface area (Å²) in [5, 5.41) is 2.97. The van der Waals surface area contributed by atoms with Crippen LogP contribution in [0.5, 0.6) is 0 Å². The van der Waals surface area contributed by atoms with Crippen molar-refractivity contribution < 1.29 is 9.59 Å². The number of rotatable bonds is 4. The number of likely N-dealkylation sites (tertiary alicyclic amines) is 1. The predicted molar refractivity (Wildman–Crippen MR) is 96.0 cm³/mol. The lowest BCUT2D eigenvalue weighted by Crippen LogP contribution is -2.44. The van der Waals surface area contributed by atoms with E-state index in [0.717, 1.165) is 30.4 Å². The van der Waals surface area contributed by atoms with E-state index in [0.29, 0.717) is 18.8 Å². The summed E-state index contributed by atoms with van der Waals surface area (Å²) in [6, 6.07) is 7.53. The maximum absolute atomic E-state index is 12.8. The lowest BCUT2D eigenvalue weighted by molar-refractivity contribution is -0.124. The molecule has 1 aliphatic rings. The van der Waals surface area contributed by atoms with E-state index in [1.807, 2.05) is 43.0 Å². The zero-order valence-electron chi connectivity index (χ0n) is 14.7. The number of hydrogen-bond acceptors (Lipinski definition) is 4. The fourth-order valence-electron chi connectivity index (χ4n) is 3.09. The summed E-state index contributed by atoms with van der Waals surface area (Å²) in [7, 11) is 0. The van der Waals surface area contributed by atoms with E-state index in [1.165, 1.54) is 0 Å². The molecule has 132 valence electrons. The highest BCUT2D eigenvalue weighted by atomic mass is 16.2. The molecule has 0 radical (unpaired) electrons. The lowest BCUT2D eigenvalue weighted by Gasteiger charge is -2.32. The summed E-state index contributed by atoms with van der Waals surface area (Å²) >= 11 is 0. The van der Waals surface area contributed by atoms with Crippen LogP contribution in [-0.2, 0) is 4.79 Å². The van der Waals surface area contributed by atoms with E-state index in [2.05, 4.69) is 15.3 Å². The van der Waals surface area contributed by atoms with Crippen molar-refractivity contribution >= 4 is 22.8 Å². The van der Waals surface area contributed by atoms with Crippen LogP contribution in [0.3, 0.4) is 0 Å². The average Bonchev–Trinajstić information content (AvgIpc) is 2.65. The number of nitrogens with zero attached hydrogens (tertiary/aromatic N) is 3. The van der Waals surface area contributed by atoms with Gasteiger partial charge in [-0.2, -0.15) is 0 Å². The number of aromatic nitrogens is 2. The van der Waals surface area contributed by atoms with Gasteiger partial charge in [-0.1, -0.05) is 26.0 Å². The van der Waals surface area contributed by atoms with Crippen molar-refractivity contribution in [2.24, 2.45) is 11.8 Å². The van der Waals surface area contributed by atoms with Crippen LogP contribution in [0.1, 0.15) is 37.2 Å². The normalized spacial score (nSPS) is 17.7. The van der Waals surface area contributed by atoms with E-state index in [4.69, 9.17) is 0 Å². The van der Waals surface area contributed by atoms with Gasteiger partial charge in [-0.15, -0.1) is 0 Å². The molecule has 0 saturated carbocycles. The molecule has 1 fully saturated rings. The minimum Gasteiger partial charge on any atom is -0.356 e.